The van der Waals surface area contributed by atoms with E-state index >= 15 is 0 Å². The molecule has 126 valence electrons. The Morgan fingerprint density at radius 3 is 2.29 bits per heavy atom. The second-order valence-corrected chi connectivity index (χ2v) is 7.15. The minimum Gasteiger partial charge on any atom is -0.325 e. The summed E-state index contributed by atoms with van der Waals surface area (Å²) < 4.78 is 0.942. The van der Waals surface area contributed by atoms with E-state index in [1.165, 1.54) is 4.90 Å². The van der Waals surface area contributed by atoms with E-state index in [-0.39, 0.29) is 11.8 Å². The van der Waals surface area contributed by atoms with Gasteiger partial charge in [-0.15, -0.1) is 0 Å². The topological polar surface area (TPSA) is 49.4 Å². The standard InChI is InChI=1S/C19H21BrN2O2/c1-13-12-14(20)10-11-16(13)21-17(23)19(2,3)18(24)22(4)15-8-6-5-7-9-15/h5-12H,1-4H3,(H,21,23). The van der Waals surface area contributed by atoms with Gasteiger partial charge in [0.05, 0.1) is 0 Å². The van der Waals surface area contributed by atoms with Gasteiger partial charge >= 0.3 is 0 Å². The summed E-state index contributed by atoms with van der Waals surface area (Å²) in [6.07, 6.45) is 0. The molecule has 0 spiro atoms. The molecule has 5 heteroatoms. The molecule has 2 amide bonds. The average Bonchev–Trinajstić information content (AvgIpc) is 2.56. The normalized spacial score (nSPS) is 11.0. The van der Waals surface area contributed by atoms with Gasteiger partial charge in [-0.1, -0.05) is 34.1 Å². The first-order valence-corrected chi connectivity index (χ1v) is 8.43. The number of aryl methyl sites for hydroxylation is 1. The van der Waals surface area contributed by atoms with Crippen LogP contribution in [0, 0.1) is 12.3 Å². The van der Waals surface area contributed by atoms with Crippen molar-refractivity contribution in [1.29, 1.82) is 0 Å². The van der Waals surface area contributed by atoms with E-state index in [0.717, 1.165) is 15.7 Å². The maximum Gasteiger partial charge on any atom is 0.241 e. The lowest BCUT2D eigenvalue weighted by Gasteiger charge is -2.28. The molecule has 0 atom stereocenters. The van der Waals surface area contributed by atoms with Crippen molar-refractivity contribution in [2.24, 2.45) is 5.41 Å². The molecular formula is C19H21BrN2O2. The van der Waals surface area contributed by atoms with Gasteiger partial charge in [-0.2, -0.15) is 0 Å². The molecule has 0 saturated heterocycles. The molecule has 0 aliphatic rings. The summed E-state index contributed by atoms with van der Waals surface area (Å²) in [6, 6.07) is 14.9. The molecule has 0 aliphatic carbocycles. The minimum absolute atomic E-state index is 0.263. The van der Waals surface area contributed by atoms with Crippen LogP contribution in [0.3, 0.4) is 0 Å². The van der Waals surface area contributed by atoms with E-state index in [1.807, 2.05) is 55.5 Å². The third-order valence-electron chi connectivity index (χ3n) is 3.99. The molecule has 4 nitrogen and oxygen atoms in total. The van der Waals surface area contributed by atoms with Gasteiger partial charge in [0.25, 0.3) is 0 Å². The van der Waals surface area contributed by atoms with Crippen LogP contribution >= 0.6 is 15.9 Å². The summed E-state index contributed by atoms with van der Waals surface area (Å²) in [4.78, 5) is 27.0. The smallest absolute Gasteiger partial charge is 0.241 e. The Balaban J connectivity index is 2.19. The number of nitrogens with zero attached hydrogens (tertiary/aromatic N) is 1. The lowest BCUT2D eigenvalue weighted by Crippen LogP contribution is -2.46. The summed E-state index contributed by atoms with van der Waals surface area (Å²) in [5.41, 5.74) is 1.19. The van der Waals surface area contributed by atoms with Crippen LogP contribution in [0.1, 0.15) is 19.4 Å². The maximum absolute atomic E-state index is 12.8. The molecule has 1 N–H and O–H groups in total. The zero-order valence-corrected chi connectivity index (χ0v) is 15.8. The molecule has 24 heavy (non-hydrogen) atoms. The summed E-state index contributed by atoms with van der Waals surface area (Å²) in [6.45, 7) is 5.18. The second kappa shape index (κ2) is 7.18. The van der Waals surface area contributed by atoms with Gasteiger partial charge in [-0.25, -0.2) is 0 Å². The predicted octanol–water partition coefficient (Wildman–Crippen LogP) is 4.39. The number of rotatable bonds is 4. The highest BCUT2D eigenvalue weighted by Gasteiger charge is 2.38. The van der Waals surface area contributed by atoms with E-state index in [4.69, 9.17) is 0 Å². The second-order valence-electron chi connectivity index (χ2n) is 6.24. The Labute approximate surface area is 151 Å². The number of nitrogens with one attached hydrogen (secondary N) is 1. The van der Waals surface area contributed by atoms with Crippen LogP contribution in [0.4, 0.5) is 11.4 Å². The summed E-state index contributed by atoms with van der Waals surface area (Å²) >= 11 is 3.40. The molecule has 0 fully saturated rings. The van der Waals surface area contributed by atoms with Crippen LogP contribution in [0.25, 0.3) is 0 Å². The van der Waals surface area contributed by atoms with Crippen molar-refractivity contribution in [3.8, 4) is 0 Å². The third kappa shape index (κ3) is 3.85. The quantitative estimate of drug-likeness (QED) is 0.789. The largest absolute Gasteiger partial charge is 0.325 e. The minimum atomic E-state index is -1.19. The van der Waals surface area contributed by atoms with Crippen molar-refractivity contribution in [2.75, 3.05) is 17.3 Å². The molecule has 0 aromatic heterocycles. The van der Waals surface area contributed by atoms with Gasteiger partial charge in [0.1, 0.15) is 5.41 Å². The molecule has 0 bridgehead atoms. The zero-order chi connectivity index (χ0) is 17.9. The number of hydrogen-bond donors (Lipinski definition) is 1. The zero-order valence-electron chi connectivity index (χ0n) is 14.3. The SMILES string of the molecule is Cc1cc(Br)ccc1NC(=O)C(C)(C)C(=O)N(C)c1ccccc1. The molecular weight excluding hydrogens is 368 g/mol. The first kappa shape index (κ1) is 18.2. The Morgan fingerprint density at radius 1 is 1.08 bits per heavy atom. The van der Waals surface area contributed by atoms with Crippen molar-refractivity contribution in [3.05, 3.63) is 58.6 Å². The van der Waals surface area contributed by atoms with Crippen LogP contribution in [0.2, 0.25) is 0 Å². The number of anilines is 2. The van der Waals surface area contributed by atoms with Crippen molar-refractivity contribution in [3.63, 3.8) is 0 Å². The Kier molecular flexibility index (Phi) is 5.44. The van der Waals surface area contributed by atoms with Crippen molar-refractivity contribution >= 4 is 39.1 Å². The molecule has 2 rings (SSSR count). The number of hydrogen-bond acceptors (Lipinski definition) is 2. The summed E-state index contributed by atoms with van der Waals surface area (Å²) in [5, 5.41) is 2.86. The summed E-state index contributed by atoms with van der Waals surface area (Å²) in [5.74, 6) is -0.596. The fraction of sp³-hybridized carbons (Fsp3) is 0.263. The van der Waals surface area contributed by atoms with Gasteiger partial charge < -0.3 is 10.2 Å². The third-order valence-corrected chi connectivity index (χ3v) is 4.48. The fourth-order valence-corrected chi connectivity index (χ4v) is 2.81. The van der Waals surface area contributed by atoms with Crippen LogP contribution in [0.15, 0.2) is 53.0 Å². The number of carbonyl (C=O) groups excluding carboxylic acids is 2. The molecule has 0 aliphatic heterocycles. The molecule has 2 aromatic rings. The average molecular weight is 389 g/mol. The molecule has 0 radical (unpaired) electrons. The number of halogens is 1. The molecule has 2 aromatic carbocycles. The summed E-state index contributed by atoms with van der Waals surface area (Å²) in [7, 11) is 1.68. The van der Waals surface area contributed by atoms with Crippen molar-refractivity contribution in [1.82, 2.24) is 0 Å². The molecule has 0 heterocycles. The van der Waals surface area contributed by atoms with Gasteiger partial charge in [-0.3, -0.25) is 9.59 Å². The van der Waals surface area contributed by atoms with E-state index in [1.54, 1.807) is 20.9 Å². The van der Waals surface area contributed by atoms with E-state index in [2.05, 4.69) is 21.2 Å². The maximum atomic E-state index is 12.8. The lowest BCUT2D eigenvalue weighted by atomic mass is 9.90. The van der Waals surface area contributed by atoms with Crippen LogP contribution in [0.5, 0.6) is 0 Å². The van der Waals surface area contributed by atoms with Gasteiger partial charge in [-0.05, 0) is 56.7 Å². The number of amides is 2. The number of para-hydroxylation sites is 1. The molecule has 0 saturated carbocycles. The number of benzene rings is 2. The Bertz CT molecular complexity index is 757. The first-order valence-electron chi connectivity index (χ1n) is 7.64. The van der Waals surface area contributed by atoms with Crippen molar-refractivity contribution < 1.29 is 9.59 Å². The van der Waals surface area contributed by atoms with Gasteiger partial charge in [0.15, 0.2) is 0 Å². The van der Waals surface area contributed by atoms with Crippen molar-refractivity contribution in [2.45, 2.75) is 20.8 Å². The van der Waals surface area contributed by atoms with E-state index in [0.29, 0.717) is 5.69 Å². The van der Waals surface area contributed by atoms with Crippen LogP contribution < -0.4 is 10.2 Å². The number of carbonyl (C=O) groups is 2. The Hall–Kier alpha value is -2.14. The highest BCUT2D eigenvalue weighted by Crippen LogP contribution is 2.26. The highest BCUT2D eigenvalue weighted by molar-refractivity contribution is 9.10. The van der Waals surface area contributed by atoms with E-state index in [9.17, 15) is 9.59 Å². The monoisotopic (exact) mass is 388 g/mol. The van der Waals surface area contributed by atoms with Gasteiger partial charge in [0.2, 0.25) is 11.8 Å². The van der Waals surface area contributed by atoms with Gasteiger partial charge in [0, 0.05) is 22.9 Å². The first-order chi connectivity index (χ1) is 11.2. The lowest BCUT2D eigenvalue weighted by molar-refractivity contribution is -0.136. The molecule has 0 unspecified atom stereocenters. The highest BCUT2D eigenvalue weighted by atomic mass is 79.9. The Morgan fingerprint density at radius 2 is 1.71 bits per heavy atom. The predicted molar refractivity (Wildman–Crippen MR) is 101 cm³/mol. The fourth-order valence-electron chi connectivity index (χ4n) is 2.33. The van der Waals surface area contributed by atoms with E-state index < -0.39 is 5.41 Å². The van der Waals surface area contributed by atoms with Crippen LogP contribution in [-0.4, -0.2) is 18.9 Å². The van der Waals surface area contributed by atoms with Crippen LogP contribution in [-0.2, 0) is 9.59 Å².